The maximum atomic E-state index is 11.3. The Morgan fingerprint density at radius 2 is 1.94 bits per heavy atom. The van der Waals surface area contributed by atoms with Gasteiger partial charge in [0.15, 0.2) is 5.78 Å². The van der Waals surface area contributed by atoms with Gasteiger partial charge in [-0.05, 0) is 26.3 Å². The first-order chi connectivity index (χ1) is 8.66. The molecule has 0 fully saturated rings. The van der Waals surface area contributed by atoms with Gasteiger partial charge in [-0.2, -0.15) is 0 Å². The summed E-state index contributed by atoms with van der Waals surface area (Å²) < 4.78 is 5.59. The molecule has 0 bridgehead atoms. The Morgan fingerprint density at radius 3 is 2.50 bits per heavy atom. The van der Waals surface area contributed by atoms with Crippen LogP contribution in [-0.2, 0) is 0 Å². The molecule has 0 unspecified atom stereocenters. The number of hydrogen-bond acceptors (Lipinski definition) is 2. The molecule has 1 aromatic carbocycles. The first-order valence-electron chi connectivity index (χ1n) is 6.55. The number of ketones is 1. The lowest BCUT2D eigenvalue weighted by molar-refractivity contribution is 0.101. The van der Waals surface area contributed by atoms with Gasteiger partial charge in [-0.3, -0.25) is 4.79 Å². The SMILES string of the molecule is CC.CC/C=C\COc1cccc(C(C)=O)c1C. The molecule has 18 heavy (non-hydrogen) atoms. The lowest BCUT2D eigenvalue weighted by atomic mass is 10.1. The summed E-state index contributed by atoms with van der Waals surface area (Å²) in [6.07, 6.45) is 5.06. The van der Waals surface area contributed by atoms with E-state index in [4.69, 9.17) is 4.74 Å². The molecule has 0 heterocycles. The molecule has 0 aliphatic carbocycles. The molecule has 0 aliphatic rings. The molecule has 0 aromatic heterocycles. The topological polar surface area (TPSA) is 26.3 Å². The highest BCUT2D eigenvalue weighted by Crippen LogP contribution is 2.21. The third-order valence-corrected chi connectivity index (χ3v) is 2.40. The average molecular weight is 248 g/mol. The number of carbonyl (C=O) groups is 1. The van der Waals surface area contributed by atoms with Gasteiger partial charge in [0, 0.05) is 11.1 Å². The summed E-state index contributed by atoms with van der Waals surface area (Å²) in [5, 5.41) is 0. The van der Waals surface area contributed by atoms with E-state index in [1.165, 1.54) is 0 Å². The summed E-state index contributed by atoms with van der Waals surface area (Å²) in [7, 11) is 0. The summed E-state index contributed by atoms with van der Waals surface area (Å²) in [5.41, 5.74) is 1.65. The van der Waals surface area contributed by atoms with Crippen LogP contribution in [0.15, 0.2) is 30.4 Å². The van der Waals surface area contributed by atoms with Crippen molar-refractivity contribution in [2.24, 2.45) is 0 Å². The fourth-order valence-corrected chi connectivity index (χ4v) is 1.52. The molecule has 0 radical (unpaired) electrons. The zero-order valence-corrected chi connectivity index (χ0v) is 12.1. The second kappa shape index (κ2) is 9.46. The average Bonchev–Trinajstić information content (AvgIpc) is 2.38. The molecule has 0 aliphatic heterocycles. The smallest absolute Gasteiger partial charge is 0.160 e. The zero-order valence-electron chi connectivity index (χ0n) is 12.1. The summed E-state index contributed by atoms with van der Waals surface area (Å²) in [6, 6.07) is 5.57. The minimum absolute atomic E-state index is 0.0760. The minimum Gasteiger partial charge on any atom is -0.489 e. The molecule has 0 saturated heterocycles. The van der Waals surface area contributed by atoms with E-state index in [2.05, 4.69) is 13.0 Å². The Labute approximate surface area is 111 Å². The predicted octanol–water partition coefficient (Wildman–Crippen LogP) is 4.57. The molecule has 0 N–H and O–H groups in total. The van der Waals surface area contributed by atoms with Crippen molar-refractivity contribution in [3.8, 4) is 5.75 Å². The molecule has 1 rings (SSSR count). The normalized spacial score (nSPS) is 9.83. The fraction of sp³-hybridized carbons (Fsp3) is 0.438. The Morgan fingerprint density at radius 1 is 1.28 bits per heavy atom. The van der Waals surface area contributed by atoms with E-state index in [9.17, 15) is 4.79 Å². The van der Waals surface area contributed by atoms with Gasteiger partial charge in [0.1, 0.15) is 12.4 Å². The van der Waals surface area contributed by atoms with Crippen molar-refractivity contribution in [2.75, 3.05) is 6.61 Å². The maximum absolute atomic E-state index is 11.3. The van der Waals surface area contributed by atoms with Crippen molar-refractivity contribution < 1.29 is 9.53 Å². The number of benzene rings is 1. The number of ether oxygens (including phenoxy) is 1. The lowest BCUT2D eigenvalue weighted by Crippen LogP contribution is -2.01. The number of rotatable bonds is 5. The van der Waals surface area contributed by atoms with Crippen molar-refractivity contribution in [3.05, 3.63) is 41.5 Å². The molecular weight excluding hydrogens is 224 g/mol. The van der Waals surface area contributed by atoms with Crippen LogP contribution in [0.4, 0.5) is 0 Å². The summed E-state index contributed by atoms with van der Waals surface area (Å²) in [6.45, 7) is 10.1. The molecule has 0 spiro atoms. The van der Waals surface area contributed by atoms with E-state index in [0.717, 1.165) is 23.3 Å². The number of Topliss-reactive ketones (excluding diaryl/α,β-unsaturated/α-hetero) is 1. The molecule has 0 saturated carbocycles. The van der Waals surface area contributed by atoms with Crippen LogP contribution >= 0.6 is 0 Å². The van der Waals surface area contributed by atoms with Gasteiger partial charge in [-0.25, -0.2) is 0 Å². The van der Waals surface area contributed by atoms with E-state index in [1.807, 2.05) is 45.0 Å². The van der Waals surface area contributed by atoms with E-state index in [0.29, 0.717) is 6.61 Å². The van der Waals surface area contributed by atoms with Gasteiger partial charge >= 0.3 is 0 Å². The monoisotopic (exact) mass is 248 g/mol. The van der Waals surface area contributed by atoms with Crippen LogP contribution in [0.5, 0.6) is 5.75 Å². The predicted molar refractivity (Wildman–Crippen MR) is 77.5 cm³/mol. The second-order valence-electron chi connectivity index (χ2n) is 3.68. The van der Waals surface area contributed by atoms with E-state index < -0.39 is 0 Å². The van der Waals surface area contributed by atoms with Gasteiger partial charge in [-0.15, -0.1) is 0 Å². The number of hydrogen-bond donors (Lipinski definition) is 0. The summed E-state index contributed by atoms with van der Waals surface area (Å²) in [5.74, 6) is 0.862. The Balaban J connectivity index is 0.00000137. The van der Waals surface area contributed by atoms with Crippen molar-refractivity contribution in [3.63, 3.8) is 0 Å². The van der Waals surface area contributed by atoms with Gasteiger partial charge in [0.2, 0.25) is 0 Å². The van der Waals surface area contributed by atoms with Crippen LogP contribution in [0.25, 0.3) is 0 Å². The molecule has 1 aromatic rings. The van der Waals surface area contributed by atoms with E-state index >= 15 is 0 Å². The van der Waals surface area contributed by atoms with Crippen LogP contribution in [0, 0.1) is 6.92 Å². The zero-order chi connectivity index (χ0) is 14.0. The van der Waals surface area contributed by atoms with Crippen molar-refractivity contribution in [2.45, 2.75) is 41.0 Å². The Hall–Kier alpha value is -1.57. The van der Waals surface area contributed by atoms with E-state index in [-0.39, 0.29) is 5.78 Å². The van der Waals surface area contributed by atoms with Crippen molar-refractivity contribution >= 4 is 5.78 Å². The highest BCUT2D eigenvalue weighted by atomic mass is 16.5. The first kappa shape index (κ1) is 16.4. The molecule has 100 valence electrons. The second-order valence-corrected chi connectivity index (χ2v) is 3.68. The van der Waals surface area contributed by atoms with Crippen LogP contribution in [0.2, 0.25) is 0 Å². The largest absolute Gasteiger partial charge is 0.489 e. The maximum Gasteiger partial charge on any atom is 0.160 e. The minimum atomic E-state index is 0.0760. The molecular formula is C16H24O2. The van der Waals surface area contributed by atoms with Crippen LogP contribution in [0.3, 0.4) is 0 Å². The summed E-state index contributed by atoms with van der Waals surface area (Å²) in [4.78, 5) is 11.3. The standard InChI is InChI=1S/C14H18O2.C2H6/c1-4-5-6-10-16-14-9-7-8-13(11(14)2)12(3)15;1-2/h5-9H,4,10H2,1-3H3;1-2H3/b6-5-;. The van der Waals surface area contributed by atoms with Crippen LogP contribution in [-0.4, -0.2) is 12.4 Å². The fourth-order valence-electron chi connectivity index (χ4n) is 1.52. The van der Waals surface area contributed by atoms with Crippen LogP contribution < -0.4 is 4.74 Å². The summed E-state index contributed by atoms with van der Waals surface area (Å²) >= 11 is 0. The quantitative estimate of drug-likeness (QED) is 0.563. The Kier molecular flexibility index (Phi) is 8.63. The van der Waals surface area contributed by atoms with E-state index in [1.54, 1.807) is 6.92 Å². The van der Waals surface area contributed by atoms with Gasteiger partial charge < -0.3 is 4.74 Å². The third kappa shape index (κ3) is 5.17. The van der Waals surface area contributed by atoms with Crippen LogP contribution in [0.1, 0.15) is 50.0 Å². The van der Waals surface area contributed by atoms with Gasteiger partial charge in [0.05, 0.1) is 0 Å². The third-order valence-electron chi connectivity index (χ3n) is 2.40. The molecule has 0 atom stereocenters. The molecule has 2 nitrogen and oxygen atoms in total. The molecule has 0 amide bonds. The Bertz CT molecular complexity index is 392. The first-order valence-corrected chi connectivity index (χ1v) is 6.55. The van der Waals surface area contributed by atoms with Gasteiger partial charge in [0.25, 0.3) is 0 Å². The van der Waals surface area contributed by atoms with Gasteiger partial charge in [-0.1, -0.05) is 45.1 Å². The highest BCUT2D eigenvalue weighted by Gasteiger charge is 2.07. The lowest BCUT2D eigenvalue weighted by Gasteiger charge is -2.09. The van der Waals surface area contributed by atoms with Crippen molar-refractivity contribution in [1.82, 2.24) is 0 Å². The van der Waals surface area contributed by atoms with Crippen molar-refractivity contribution in [1.29, 1.82) is 0 Å². The molecule has 2 heteroatoms. The number of carbonyl (C=O) groups excluding carboxylic acids is 1. The highest BCUT2D eigenvalue weighted by molar-refractivity contribution is 5.96. The number of allylic oxidation sites excluding steroid dienone is 1.